The molecule has 214 valence electrons. The molecule has 5 amide bonds. The number of hydroxylamine groups is 2. The van der Waals surface area contributed by atoms with E-state index < -0.39 is 36.2 Å². The van der Waals surface area contributed by atoms with Crippen molar-refractivity contribution in [3.8, 4) is 0 Å². The minimum Gasteiger partial charge on any atom is -0.462 e. The lowest BCUT2D eigenvalue weighted by Gasteiger charge is -2.38. The maximum Gasteiger partial charge on any atom is 0.347 e. The van der Waals surface area contributed by atoms with Crippen molar-refractivity contribution in [3.63, 3.8) is 0 Å². The molecule has 0 radical (unpaired) electrons. The van der Waals surface area contributed by atoms with Crippen LogP contribution in [0.1, 0.15) is 25.4 Å². The van der Waals surface area contributed by atoms with Gasteiger partial charge in [-0.1, -0.05) is 23.2 Å². The lowest BCUT2D eigenvalue weighted by Crippen LogP contribution is -2.58. The fourth-order valence-electron chi connectivity index (χ4n) is 4.31. The first-order chi connectivity index (χ1) is 19.5. The van der Waals surface area contributed by atoms with Crippen LogP contribution in [0.25, 0.3) is 6.08 Å². The van der Waals surface area contributed by atoms with Crippen LogP contribution in [0, 0.1) is 6.92 Å². The number of carbonyl (C=O) groups excluding carboxylic acids is 3. The summed E-state index contributed by atoms with van der Waals surface area (Å²) < 4.78 is 5.42. The maximum absolute atomic E-state index is 13.7. The molecule has 1 atom stereocenters. The molecule has 0 aliphatic carbocycles. The van der Waals surface area contributed by atoms with Crippen molar-refractivity contribution in [1.29, 1.82) is 0 Å². The fourth-order valence-corrected chi connectivity index (χ4v) is 4.56. The molecule has 0 bridgehead atoms. The van der Waals surface area contributed by atoms with Gasteiger partial charge < -0.3 is 14.6 Å². The van der Waals surface area contributed by atoms with Gasteiger partial charge in [-0.15, -0.1) is 0 Å². The fraction of sp³-hybridized carbons (Fsp3) is 0.214. The van der Waals surface area contributed by atoms with E-state index in [1.807, 2.05) is 13.0 Å². The SMILES string of the molecule is Cc1ccc(/C=C/C=N/NC(=O)CN2C(=O)N(c3ccc(Cl)cc3)C(N(O)C(=O)Nc3ccc(Cl)cc3)C2(C)C)o1. The summed E-state index contributed by atoms with van der Waals surface area (Å²) in [4.78, 5) is 42.0. The highest BCUT2D eigenvalue weighted by atomic mass is 35.5. The number of amides is 5. The van der Waals surface area contributed by atoms with E-state index in [9.17, 15) is 19.6 Å². The number of nitrogens with zero attached hydrogens (tertiary/aromatic N) is 4. The number of anilines is 2. The van der Waals surface area contributed by atoms with Crippen LogP contribution in [0.15, 0.2) is 76.3 Å². The molecule has 13 heteroatoms. The molecule has 41 heavy (non-hydrogen) atoms. The second-order valence-corrected chi connectivity index (χ2v) is 10.5. The van der Waals surface area contributed by atoms with E-state index >= 15 is 0 Å². The molecule has 1 fully saturated rings. The first-order valence-corrected chi connectivity index (χ1v) is 13.2. The molecule has 0 spiro atoms. The molecule has 11 nitrogen and oxygen atoms in total. The summed E-state index contributed by atoms with van der Waals surface area (Å²) in [6.45, 7) is 4.69. The van der Waals surface area contributed by atoms with Crippen LogP contribution in [0.2, 0.25) is 10.0 Å². The number of hydrogen-bond acceptors (Lipinski definition) is 6. The predicted molar refractivity (Wildman–Crippen MR) is 157 cm³/mol. The molecule has 3 aromatic rings. The molecule has 1 saturated heterocycles. The van der Waals surface area contributed by atoms with Gasteiger partial charge in [-0.05, 0) is 93.6 Å². The van der Waals surface area contributed by atoms with Gasteiger partial charge in [0.1, 0.15) is 18.1 Å². The molecule has 3 N–H and O–H groups in total. The minimum absolute atomic E-state index is 0.357. The first-order valence-electron chi connectivity index (χ1n) is 12.4. The van der Waals surface area contributed by atoms with E-state index in [-0.39, 0.29) is 0 Å². The standard InChI is InChI=1S/C28H28Cl2N6O5/c1-18-6-15-23(41-18)5-4-16-31-33-24(37)17-34-27(39)35(22-13-9-20(30)10-14-22)25(28(34,2)3)36(40)26(38)32-21-11-7-19(29)8-12-21/h4-16,25,40H,17H2,1-3H3,(H,32,38)(H,33,37)/b5-4+,31-16+. The van der Waals surface area contributed by atoms with Crippen LogP contribution < -0.4 is 15.6 Å². The molecule has 1 aliphatic heterocycles. The highest BCUT2D eigenvalue weighted by Crippen LogP contribution is 2.38. The van der Waals surface area contributed by atoms with E-state index in [4.69, 9.17) is 27.6 Å². The summed E-state index contributed by atoms with van der Waals surface area (Å²) >= 11 is 12.0. The highest BCUT2D eigenvalue weighted by molar-refractivity contribution is 6.31. The molecule has 1 aliphatic rings. The number of nitrogens with one attached hydrogen (secondary N) is 2. The number of benzene rings is 2. The van der Waals surface area contributed by atoms with Gasteiger partial charge in [-0.2, -0.15) is 10.2 Å². The molecule has 1 aromatic heterocycles. The Morgan fingerprint density at radius 1 is 1.07 bits per heavy atom. The summed E-state index contributed by atoms with van der Waals surface area (Å²) in [5.41, 5.74) is 1.86. The summed E-state index contributed by atoms with van der Waals surface area (Å²) in [5.74, 6) is 0.811. The topological polar surface area (TPSA) is 131 Å². The number of rotatable bonds is 8. The molecule has 2 aromatic carbocycles. The Morgan fingerprint density at radius 2 is 1.71 bits per heavy atom. The third kappa shape index (κ3) is 6.88. The molecular formula is C28H28Cl2N6O5. The maximum atomic E-state index is 13.7. The average molecular weight is 599 g/mol. The van der Waals surface area contributed by atoms with Gasteiger partial charge in [0.2, 0.25) is 0 Å². The van der Waals surface area contributed by atoms with Crippen LogP contribution in [0.5, 0.6) is 0 Å². The van der Waals surface area contributed by atoms with Crippen molar-refractivity contribution in [2.24, 2.45) is 5.10 Å². The van der Waals surface area contributed by atoms with Crippen molar-refractivity contribution in [1.82, 2.24) is 15.4 Å². The van der Waals surface area contributed by atoms with Crippen molar-refractivity contribution < 1.29 is 24.0 Å². The van der Waals surface area contributed by atoms with Crippen LogP contribution in [0.4, 0.5) is 21.0 Å². The monoisotopic (exact) mass is 598 g/mol. The summed E-state index contributed by atoms with van der Waals surface area (Å²) in [6, 6.07) is 14.7. The number of allylic oxidation sites excluding steroid dienone is 1. The molecule has 0 saturated carbocycles. The normalized spacial score (nSPS) is 16.5. The van der Waals surface area contributed by atoms with Gasteiger partial charge in [0.05, 0.1) is 5.54 Å². The number of furan rings is 1. The zero-order valence-corrected chi connectivity index (χ0v) is 23.9. The van der Waals surface area contributed by atoms with Crippen molar-refractivity contribution in [2.45, 2.75) is 32.5 Å². The Kier molecular flexibility index (Phi) is 9.01. The quantitative estimate of drug-likeness (QED) is 0.167. The Labute approximate surface area is 246 Å². The van der Waals surface area contributed by atoms with Gasteiger partial charge >= 0.3 is 12.1 Å². The van der Waals surface area contributed by atoms with Crippen LogP contribution in [-0.4, -0.2) is 57.6 Å². The van der Waals surface area contributed by atoms with Crippen molar-refractivity contribution in [3.05, 3.63) is 88.3 Å². The number of halogens is 2. The number of aryl methyl sites for hydroxylation is 1. The molecular weight excluding hydrogens is 571 g/mol. The van der Waals surface area contributed by atoms with E-state index in [0.717, 1.165) is 5.76 Å². The van der Waals surface area contributed by atoms with Crippen molar-refractivity contribution >= 4 is 64.8 Å². The van der Waals surface area contributed by atoms with Gasteiger partial charge in [-0.3, -0.25) is 14.9 Å². The van der Waals surface area contributed by atoms with Crippen molar-refractivity contribution in [2.75, 3.05) is 16.8 Å². The van der Waals surface area contributed by atoms with E-state index in [1.165, 1.54) is 16.0 Å². The summed E-state index contributed by atoms with van der Waals surface area (Å²) in [7, 11) is 0. The number of hydrazone groups is 1. The van der Waals surface area contributed by atoms with Crippen LogP contribution in [-0.2, 0) is 4.79 Å². The molecule has 1 unspecified atom stereocenters. The Morgan fingerprint density at radius 3 is 2.32 bits per heavy atom. The van der Waals surface area contributed by atoms with Crippen LogP contribution >= 0.6 is 23.2 Å². The van der Waals surface area contributed by atoms with Gasteiger partial charge in [0.15, 0.2) is 6.17 Å². The number of carbonyl (C=O) groups is 3. The second kappa shape index (κ2) is 12.5. The predicted octanol–water partition coefficient (Wildman–Crippen LogP) is 5.98. The van der Waals surface area contributed by atoms with Gasteiger partial charge in [0, 0.05) is 27.6 Å². The zero-order chi connectivity index (χ0) is 29.7. The average Bonchev–Trinajstić information content (AvgIpc) is 3.43. The third-order valence-electron chi connectivity index (χ3n) is 6.32. The lowest BCUT2D eigenvalue weighted by molar-refractivity contribution is -0.124. The van der Waals surface area contributed by atoms with Gasteiger partial charge in [-0.25, -0.2) is 15.0 Å². The third-order valence-corrected chi connectivity index (χ3v) is 6.83. The Balaban J connectivity index is 1.53. The summed E-state index contributed by atoms with van der Waals surface area (Å²) in [6.07, 6.45) is 3.39. The number of urea groups is 2. The smallest absolute Gasteiger partial charge is 0.347 e. The first kappa shape index (κ1) is 29.7. The number of hydrogen-bond donors (Lipinski definition) is 3. The van der Waals surface area contributed by atoms with E-state index in [2.05, 4.69) is 15.8 Å². The molecule has 4 rings (SSSR count). The minimum atomic E-state index is -1.25. The zero-order valence-electron chi connectivity index (χ0n) is 22.4. The van der Waals surface area contributed by atoms with Crippen LogP contribution in [0.3, 0.4) is 0 Å². The van der Waals surface area contributed by atoms with E-state index in [0.29, 0.717) is 32.2 Å². The highest BCUT2D eigenvalue weighted by Gasteiger charge is 2.56. The lowest BCUT2D eigenvalue weighted by atomic mass is 9.99. The molecule has 2 heterocycles. The van der Waals surface area contributed by atoms with Gasteiger partial charge in [0.25, 0.3) is 5.91 Å². The van der Waals surface area contributed by atoms with E-state index in [1.54, 1.807) is 80.6 Å². The largest absolute Gasteiger partial charge is 0.462 e. The second-order valence-electron chi connectivity index (χ2n) is 9.64. The Hall–Kier alpha value is -4.32. The Bertz CT molecular complexity index is 1470. The summed E-state index contributed by atoms with van der Waals surface area (Å²) in [5, 5.41) is 18.9.